The second kappa shape index (κ2) is 6.30. The first-order valence-corrected chi connectivity index (χ1v) is 5.64. The van der Waals surface area contributed by atoms with E-state index in [-0.39, 0.29) is 5.69 Å². The van der Waals surface area contributed by atoms with Crippen LogP contribution in [0.4, 0.5) is 8.78 Å². The molecule has 0 amide bonds. The van der Waals surface area contributed by atoms with Crippen LogP contribution in [0.15, 0.2) is 18.2 Å². The van der Waals surface area contributed by atoms with Crippen LogP contribution in [0, 0.1) is 11.6 Å². The van der Waals surface area contributed by atoms with Gasteiger partial charge < -0.3 is 10.1 Å². The van der Waals surface area contributed by atoms with E-state index >= 15 is 0 Å². The van der Waals surface area contributed by atoms with Crippen LogP contribution in [0.1, 0.15) is 5.82 Å². The van der Waals surface area contributed by atoms with E-state index in [2.05, 4.69) is 20.8 Å². The van der Waals surface area contributed by atoms with Crippen molar-refractivity contribution in [1.29, 1.82) is 0 Å². The van der Waals surface area contributed by atoms with Crippen LogP contribution < -0.4 is 5.32 Å². The molecule has 0 unspecified atom stereocenters. The fourth-order valence-corrected chi connectivity index (χ4v) is 1.53. The molecular weight excluding hydrogens is 256 g/mol. The molecule has 2 aromatic rings. The predicted octanol–water partition coefficient (Wildman–Crippen LogP) is 0.676. The summed E-state index contributed by atoms with van der Waals surface area (Å²) in [4.78, 5) is 0. The van der Waals surface area contributed by atoms with E-state index in [0.717, 1.165) is 22.9 Å². The van der Waals surface area contributed by atoms with Gasteiger partial charge in [-0.1, -0.05) is 0 Å². The van der Waals surface area contributed by atoms with Gasteiger partial charge in [0, 0.05) is 19.7 Å². The Morgan fingerprint density at radius 3 is 3.00 bits per heavy atom. The maximum atomic E-state index is 13.6. The maximum Gasteiger partial charge on any atom is 0.170 e. The number of ether oxygens (including phenoxy) is 1. The Balaban J connectivity index is 2.16. The van der Waals surface area contributed by atoms with Crippen molar-refractivity contribution in [3.05, 3.63) is 35.7 Å². The number of rotatable bonds is 6. The average Bonchev–Trinajstić information content (AvgIpc) is 2.86. The van der Waals surface area contributed by atoms with Crippen LogP contribution in [0.3, 0.4) is 0 Å². The van der Waals surface area contributed by atoms with Crippen LogP contribution in [-0.2, 0) is 11.3 Å². The van der Waals surface area contributed by atoms with E-state index in [1.54, 1.807) is 7.11 Å². The van der Waals surface area contributed by atoms with Crippen molar-refractivity contribution in [2.24, 2.45) is 0 Å². The number of nitrogens with zero attached hydrogens (tertiary/aromatic N) is 4. The Morgan fingerprint density at radius 2 is 2.21 bits per heavy atom. The van der Waals surface area contributed by atoms with E-state index in [9.17, 15) is 8.78 Å². The fourth-order valence-electron chi connectivity index (χ4n) is 1.53. The van der Waals surface area contributed by atoms with Crippen molar-refractivity contribution in [2.45, 2.75) is 6.54 Å². The third-order valence-electron chi connectivity index (χ3n) is 2.44. The first-order chi connectivity index (χ1) is 9.22. The SMILES string of the molecule is COCCNCc1nnnn1-c1cc(F)ccc1F. The molecule has 19 heavy (non-hydrogen) atoms. The number of tetrazole rings is 1. The molecule has 0 radical (unpaired) electrons. The zero-order valence-electron chi connectivity index (χ0n) is 10.3. The molecule has 0 saturated carbocycles. The lowest BCUT2D eigenvalue weighted by Crippen LogP contribution is -2.21. The number of nitrogens with one attached hydrogen (secondary N) is 1. The van der Waals surface area contributed by atoms with Crippen molar-refractivity contribution < 1.29 is 13.5 Å². The van der Waals surface area contributed by atoms with Crippen LogP contribution in [0.2, 0.25) is 0 Å². The lowest BCUT2D eigenvalue weighted by atomic mass is 10.3. The zero-order valence-corrected chi connectivity index (χ0v) is 10.3. The lowest BCUT2D eigenvalue weighted by Gasteiger charge is -2.06. The summed E-state index contributed by atoms with van der Waals surface area (Å²) in [6.45, 7) is 1.47. The van der Waals surface area contributed by atoms with Crippen molar-refractivity contribution >= 4 is 0 Å². The maximum absolute atomic E-state index is 13.6. The van der Waals surface area contributed by atoms with Gasteiger partial charge in [-0.2, -0.15) is 4.68 Å². The van der Waals surface area contributed by atoms with E-state index in [1.165, 1.54) is 0 Å². The molecule has 0 spiro atoms. The topological polar surface area (TPSA) is 64.9 Å². The zero-order chi connectivity index (χ0) is 13.7. The summed E-state index contributed by atoms with van der Waals surface area (Å²) in [5.41, 5.74) is -0.0199. The molecule has 102 valence electrons. The predicted molar refractivity (Wildman–Crippen MR) is 62.7 cm³/mol. The van der Waals surface area contributed by atoms with E-state index in [4.69, 9.17) is 4.74 Å². The number of halogens is 2. The Kier molecular flexibility index (Phi) is 4.48. The van der Waals surface area contributed by atoms with Gasteiger partial charge in [0.25, 0.3) is 0 Å². The highest BCUT2D eigenvalue weighted by Crippen LogP contribution is 2.14. The molecule has 8 heteroatoms. The molecule has 1 N–H and O–H groups in total. The summed E-state index contributed by atoms with van der Waals surface area (Å²) in [7, 11) is 1.59. The molecule has 0 saturated heterocycles. The summed E-state index contributed by atoms with van der Waals surface area (Å²) >= 11 is 0. The van der Waals surface area contributed by atoms with E-state index < -0.39 is 11.6 Å². The minimum atomic E-state index is -0.591. The van der Waals surface area contributed by atoms with Gasteiger partial charge >= 0.3 is 0 Å². The number of hydrogen-bond donors (Lipinski definition) is 1. The Bertz CT molecular complexity index is 546. The molecular formula is C11H13F2N5O. The van der Waals surface area contributed by atoms with Crippen molar-refractivity contribution in [1.82, 2.24) is 25.5 Å². The number of aromatic nitrogens is 4. The smallest absolute Gasteiger partial charge is 0.170 e. The van der Waals surface area contributed by atoms with Gasteiger partial charge in [-0.05, 0) is 22.6 Å². The fraction of sp³-hybridized carbons (Fsp3) is 0.364. The second-order valence-corrected chi connectivity index (χ2v) is 3.77. The summed E-state index contributed by atoms with van der Waals surface area (Å²) in [5.74, 6) is -0.752. The molecule has 0 aliphatic rings. The standard InChI is InChI=1S/C11H13F2N5O/c1-19-5-4-14-7-11-15-16-17-18(11)10-6-8(12)2-3-9(10)13/h2-3,6,14H,4-5,7H2,1H3. The monoisotopic (exact) mass is 269 g/mol. The highest BCUT2D eigenvalue weighted by atomic mass is 19.1. The molecule has 0 aliphatic heterocycles. The Hall–Kier alpha value is -1.93. The molecule has 1 aromatic heterocycles. The minimum absolute atomic E-state index is 0.0199. The van der Waals surface area contributed by atoms with Gasteiger partial charge in [0.05, 0.1) is 13.2 Å². The highest BCUT2D eigenvalue weighted by Gasteiger charge is 2.12. The van der Waals surface area contributed by atoms with Crippen molar-refractivity contribution in [3.8, 4) is 5.69 Å². The summed E-state index contributed by atoms with van der Waals surface area (Å²) in [6.07, 6.45) is 0. The lowest BCUT2D eigenvalue weighted by molar-refractivity contribution is 0.199. The number of methoxy groups -OCH3 is 1. The van der Waals surface area contributed by atoms with E-state index in [1.807, 2.05) is 0 Å². The van der Waals surface area contributed by atoms with Gasteiger partial charge in [-0.3, -0.25) is 0 Å². The summed E-state index contributed by atoms with van der Waals surface area (Å²) < 4.78 is 32.8. The Labute approximate surface area is 108 Å². The molecule has 2 rings (SSSR count). The third-order valence-corrected chi connectivity index (χ3v) is 2.44. The summed E-state index contributed by atoms with van der Waals surface area (Å²) in [5, 5.41) is 13.9. The molecule has 0 fully saturated rings. The minimum Gasteiger partial charge on any atom is -0.383 e. The molecule has 0 bridgehead atoms. The van der Waals surface area contributed by atoms with Crippen LogP contribution >= 0.6 is 0 Å². The Morgan fingerprint density at radius 1 is 1.37 bits per heavy atom. The second-order valence-electron chi connectivity index (χ2n) is 3.77. The van der Waals surface area contributed by atoms with Gasteiger partial charge in [-0.25, -0.2) is 8.78 Å². The van der Waals surface area contributed by atoms with Crippen molar-refractivity contribution in [3.63, 3.8) is 0 Å². The molecule has 1 heterocycles. The average molecular weight is 269 g/mol. The van der Waals surface area contributed by atoms with Crippen LogP contribution in [0.25, 0.3) is 5.69 Å². The molecule has 1 aromatic carbocycles. The number of benzene rings is 1. The largest absolute Gasteiger partial charge is 0.383 e. The quantitative estimate of drug-likeness (QED) is 0.781. The van der Waals surface area contributed by atoms with Crippen LogP contribution in [0.5, 0.6) is 0 Å². The van der Waals surface area contributed by atoms with Crippen molar-refractivity contribution in [2.75, 3.05) is 20.3 Å². The summed E-state index contributed by atoms with van der Waals surface area (Å²) in [6, 6.07) is 3.12. The van der Waals surface area contributed by atoms with Gasteiger partial charge in [0.1, 0.15) is 17.3 Å². The van der Waals surface area contributed by atoms with E-state index in [0.29, 0.717) is 25.5 Å². The van der Waals surface area contributed by atoms with Gasteiger partial charge in [-0.15, -0.1) is 5.10 Å². The first kappa shape index (κ1) is 13.5. The highest BCUT2D eigenvalue weighted by molar-refractivity contribution is 5.33. The molecule has 0 aliphatic carbocycles. The molecule has 6 nitrogen and oxygen atoms in total. The first-order valence-electron chi connectivity index (χ1n) is 5.64. The van der Waals surface area contributed by atoms with Gasteiger partial charge in [0.2, 0.25) is 0 Å². The molecule has 0 atom stereocenters. The van der Waals surface area contributed by atoms with Gasteiger partial charge in [0.15, 0.2) is 5.82 Å². The number of hydrogen-bond acceptors (Lipinski definition) is 5. The third kappa shape index (κ3) is 3.30. The van der Waals surface area contributed by atoms with Crippen LogP contribution in [-0.4, -0.2) is 40.5 Å². The normalized spacial score (nSPS) is 10.9.